The van der Waals surface area contributed by atoms with Crippen molar-refractivity contribution in [3.8, 4) is 0 Å². The van der Waals surface area contributed by atoms with Crippen molar-refractivity contribution in [2.75, 3.05) is 19.6 Å². The fraction of sp³-hybridized carbons (Fsp3) is 0.526. The van der Waals surface area contributed by atoms with Gasteiger partial charge in [0.2, 0.25) is 5.09 Å². The number of furan rings is 1. The van der Waals surface area contributed by atoms with E-state index in [2.05, 4.69) is 18.4 Å². The van der Waals surface area contributed by atoms with Gasteiger partial charge in [-0.2, -0.15) is 4.31 Å². The molecule has 0 aromatic carbocycles. The molecule has 2 aliphatic rings. The smallest absolute Gasteiger partial charge is 0.290 e. The van der Waals surface area contributed by atoms with Gasteiger partial charge in [-0.05, 0) is 54.8 Å². The van der Waals surface area contributed by atoms with Gasteiger partial charge in [0.1, 0.15) is 0 Å². The Balaban J connectivity index is 1.57. The van der Waals surface area contributed by atoms with Crippen LogP contribution in [0.2, 0.25) is 0 Å². The standard InChI is InChI=1S/C19H24N2O4S2/c1-2-15-14-9-13-26-17(14)8-12-21(15)19(22)16-6-7-18(25-16)27(23,24)20-10-4-3-5-11-20/h6-7,9,13,15H,2-5,8,10-12H2,1H3. The first-order valence-corrected chi connectivity index (χ1v) is 11.8. The van der Waals surface area contributed by atoms with Crippen molar-refractivity contribution in [1.29, 1.82) is 0 Å². The monoisotopic (exact) mass is 408 g/mol. The number of carbonyl (C=O) groups is 1. The Morgan fingerprint density at radius 3 is 2.70 bits per heavy atom. The zero-order valence-electron chi connectivity index (χ0n) is 15.4. The summed E-state index contributed by atoms with van der Waals surface area (Å²) in [5, 5.41) is 1.94. The Kier molecular flexibility index (Phi) is 5.13. The van der Waals surface area contributed by atoms with E-state index >= 15 is 0 Å². The molecule has 1 saturated heterocycles. The Morgan fingerprint density at radius 2 is 1.96 bits per heavy atom. The number of nitrogens with zero attached hydrogens (tertiary/aromatic N) is 2. The number of piperidine rings is 1. The quantitative estimate of drug-likeness (QED) is 0.774. The minimum Gasteiger partial charge on any atom is -0.438 e. The maximum atomic E-state index is 13.0. The van der Waals surface area contributed by atoms with Crippen molar-refractivity contribution >= 4 is 27.3 Å². The molecule has 2 aliphatic heterocycles. The first-order chi connectivity index (χ1) is 13.0. The Bertz CT molecular complexity index is 925. The van der Waals surface area contributed by atoms with E-state index in [1.165, 1.54) is 26.9 Å². The highest BCUT2D eigenvalue weighted by atomic mass is 32.2. The van der Waals surface area contributed by atoms with Crippen LogP contribution >= 0.6 is 11.3 Å². The van der Waals surface area contributed by atoms with Gasteiger partial charge < -0.3 is 9.32 Å². The van der Waals surface area contributed by atoms with Gasteiger partial charge in [-0.1, -0.05) is 13.3 Å². The third-order valence-electron chi connectivity index (χ3n) is 5.44. The van der Waals surface area contributed by atoms with E-state index in [1.807, 2.05) is 4.90 Å². The molecule has 0 radical (unpaired) electrons. The van der Waals surface area contributed by atoms with Crippen LogP contribution in [0, 0.1) is 0 Å². The summed E-state index contributed by atoms with van der Waals surface area (Å²) in [4.78, 5) is 16.2. The molecule has 1 unspecified atom stereocenters. The lowest BCUT2D eigenvalue weighted by molar-refractivity contribution is 0.0618. The van der Waals surface area contributed by atoms with E-state index < -0.39 is 10.0 Å². The number of thiophene rings is 1. The summed E-state index contributed by atoms with van der Waals surface area (Å²) in [6.07, 6.45) is 4.41. The van der Waals surface area contributed by atoms with E-state index in [0.717, 1.165) is 32.1 Å². The van der Waals surface area contributed by atoms with Gasteiger partial charge in [-0.25, -0.2) is 8.42 Å². The molecule has 146 valence electrons. The van der Waals surface area contributed by atoms with Crippen LogP contribution in [0.5, 0.6) is 0 Å². The predicted molar refractivity (Wildman–Crippen MR) is 103 cm³/mol. The average molecular weight is 409 g/mol. The average Bonchev–Trinajstić information content (AvgIpc) is 3.37. The molecule has 2 aromatic rings. The van der Waals surface area contributed by atoms with Crippen LogP contribution in [0.4, 0.5) is 0 Å². The predicted octanol–water partition coefficient (Wildman–Crippen LogP) is 3.67. The number of amides is 1. The summed E-state index contributed by atoms with van der Waals surface area (Å²) >= 11 is 1.73. The molecule has 6 nitrogen and oxygen atoms in total. The first kappa shape index (κ1) is 18.7. The molecule has 0 saturated carbocycles. The number of carbonyl (C=O) groups excluding carboxylic acids is 1. The zero-order valence-corrected chi connectivity index (χ0v) is 17.0. The molecule has 1 amide bonds. The summed E-state index contributed by atoms with van der Waals surface area (Å²) in [6, 6.07) is 5.01. The van der Waals surface area contributed by atoms with Crippen LogP contribution < -0.4 is 0 Å². The summed E-state index contributed by atoms with van der Waals surface area (Å²) in [7, 11) is -3.67. The minimum absolute atomic E-state index is 0.0137. The fourth-order valence-corrected chi connectivity index (χ4v) is 6.38. The molecule has 2 aromatic heterocycles. The SMILES string of the molecule is CCC1c2ccsc2CCN1C(=O)c1ccc(S(=O)(=O)N2CCCCC2)o1. The maximum absolute atomic E-state index is 13.0. The third kappa shape index (κ3) is 3.34. The van der Waals surface area contributed by atoms with E-state index in [0.29, 0.717) is 19.6 Å². The van der Waals surface area contributed by atoms with E-state index in [9.17, 15) is 13.2 Å². The lowest BCUT2D eigenvalue weighted by Crippen LogP contribution is -2.39. The summed E-state index contributed by atoms with van der Waals surface area (Å²) in [5.74, 6) is -0.137. The molecule has 4 heterocycles. The highest BCUT2D eigenvalue weighted by molar-refractivity contribution is 7.89. The first-order valence-electron chi connectivity index (χ1n) is 9.49. The maximum Gasteiger partial charge on any atom is 0.290 e. The molecule has 0 bridgehead atoms. The topological polar surface area (TPSA) is 70.8 Å². The summed E-state index contributed by atoms with van der Waals surface area (Å²) in [6.45, 7) is 3.71. The number of rotatable bonds is 4. The Morgan fingerprint density at radius 1 is 1.19 bits per heavy atom. The Labute approximate surface area is 163 Å². The van der Waals surface area contributed by atoms with Crippen molar-refractivity contribution < 1.29 is 17.6 Å². The summed E-state index contributed by atoms with van der Waals surface area (Å²) in [5.41, 5.74) is 1.20. The third-order valence-corrected chi connectivity index (χ3v) is 8.21. The Hall–Kier alpha value is -1.64. The number of sulfonamides is 1. The van der Waals surface area contributed by atoms with Crippen LogP contribution in [0.3, 0.4) is 0 Å². The van der Waals surface area contributed by atoms with Gasteiger partial charge in [-0.15, -0.1) is 11.3 Å². The van der Waals surface area contributed by atoms with Crippen LogP contribution in [0.15, 0.2) is 33.1 Å². The van der Waals surface area contributed by atoms with Crippen molar-refractivity contribution in [2.24, 2.45) is 0 Å². The van der Waals surface area contributed by atoms with Gasteiger partial charge in [0.25, 0.3) is 15.9 Å². The fourth-order valence-electron chi connectivity index (χ4n) is 4.03. The number of hydrogen-bond donors (Lipinski definition) is 0. The molecule has 0 aliphatic carbocycles. The summed E-state index contributed by atoms with van der Waals surface area (Å²) < 4.78 is 32.5. The van der Waals surface area contributed by atoms with Crippen LogP contribution in [-0.2, 0) is 16.4 Å². The van der Waals surface area contributed by atoms with Crippen molar-refractivity contribution in [3.05, 3.63) is 39.8 Å². The molecule has 8 heteroatoms. The highest BCUT2D eigenvalue weighted by Crippen LogP contribution is 2.36. The highest BCUT2D eigenvalue weighted by Gasteiger charge is 2.34. The van der Waals surface area contributed by atoms with Crippen molar-refractivity contribution in [3.63, 3.8) is 0 Å². The number of hydrogen-bond acceptors (Lipinski definition) is 5. The van der Waals surface area contributed by atoms with Gasteiger partial charge in [0.05, 0.1) is 6.04 Å². The van der Waals surface area contributed by atoms with Gasteiger partial charge in [0.15, 0.2) is 5.76 Å². The van der Waals surface area contributed by atoms with Gasteiger partial charge >= 0.3 is 0 Å². The molecular formula is C19H24N2O4S2. The molecule has 0 N–H and O–H groups in total. The van der Waals surface area contributed by atoms with E-state index in [-0.39, 0.29) is 22.8 Å². The second kappa shape index (κ2) is 7.41. The number of fused-ring (bicyclic) bond motifs is 1. The largest absolute Gasteiger partial charge is 0.438 e. The van der Waals surface area contributed by atoms with Crippen LogP contribution in [-0.4, -0.2) is 43.2 Å². The normalized spacial score (nSPS) is 21.2. The lowest BCUT2D eigenvalue weighted by atomic mass is 9.97. The van der Waals surface area contributed by atoms with Gasteiger partial charge in [0, 0.05) is 24.5 Å². The van der Waals surface area contributed by atoms with Crippen LogP contribution in [0.1, 0.15) is 59.6 Å². The van der Waals surface area contributed by atoms with Crippen molar-refractivity contribution in [1.82, 2.24) is 9.21 Å². The lowest BCUT2D eigenvalue weighted by Gasteiger charge is -2.34. The molecule has 4 rings (SSSR count). The van der Waals surface area contributed by atoms with Gasteiger partial charge in [-0.3, -0.25) is 4.79 Å². The van der Waals surface area contributed by atoms with Crippen LogP contribution in [0.25, 0.3) is 0 Å². The van der Waals surface area contributed by atoms with E-state index in [4.69, 9.17) is 4.42 Å². The molecule has 1 fully saturated rings. The van der Waals surface area contributed by atoms with Crippen molar-refractivity contribution in [2.45, 2.75) is 50.2 Å². The molecular weight excluding hydrogens is 384 g/mol. The van der Waals surface area contributed by atoms with E-state index in [1.54, 1.807) is 11.3 Å². The minimum atomic E-state index is -3.67. The molecule has 27 heavy (non-hydrogen) atoms. The molecule has 1 atom stereocenters. The zero-order chi connectivity index (χ0) is 19.0. The second-order valence-electron chi connectivity index (χ2n) is 7.06. The second-order valence-corrected chi connectivity index (χ2v) is 9.92. The molecule has 0 spiro atoms.